The van der Waals surface area contributed by atoms with E-state index in [2.05, 4.69) is 10.2 Å². The van der Waals surface area contributed by atoms with Gasteiger partial charge in [0.15, 0.2) is 5.76 Å². The molecule has 5 rings (SSSR count). The molecule has 0 unspecified atom stereocenters. The number of amides is 2. The molecule has 37 heavy (non-hydrogen) atoms. The number of hydrogen-bond acceptors (Lipinski definition) is 8. The van der Waals surface area contributed by atoms with Crippen molar-refractivity contribution in [3.05, 3.63) is 82.3 Å². The summed E-state index contributed by atoms with van der Waals surface area (Å²) in [7, 11) is 0. The molecule has 0 aliphatic carbocycles. The number of nitro groups is 1. The van der Waals surface area contributed by atoms with Gasteiger partial charge in [0.25, 0.3) is 17.5 Å². The second kappa shape index (κ2) is 10.7. The number of furan rings is 1. The van der Waals surface area contributed by atoms with Gasteiger partial charge in [0.05, 0.1) is 35.7 Å². The van der Waals surface area contributed by atoms with Gasteiger partial charge in [-0.3, -0.25) is 19.7 Å². The second-order valence-corrected chi connectivity index (χ2v) is 8.82. The number of nitrogens with one attached hydrogen (secondary N) is 1. The molecule has 2 aliphatic rings. The van der Waals surface area contributed by atoms with Gasteiger partial charge >= 0.3 is 0 Å². The number of carbonyl (C=O) groups is 2. The standard InChI is InChI=1S/C26H27N5O6/c32-25(22-18-21(31(34)35)7-8-23(22)29-13-16-36-17-14-29)27-19-3-5-20(6-4-19)28-9-11-30(12-10-28)26(33)24-2-1-15-37-24/h1-8,15,18H,9-14,16-17H2,(H,27,32). The number of rotatable bonds is 6. The summed E-state index contributed by atoms with van der Waals surface area (Å²) in [4.78, 5) is 42.4. The first-order chi connectivity index (χ1) is 18.0. The molecule has 11 nitrogen and oxygen atoms in total. The highest BCUT2D eigenvalue weighted by atomic mass is 16.6. The summed E-state index contributed by atoms with van der Waals surface area (Å²) in [5.74, 6) is -0.183. The lowest BCUT2D eigenvalue weighted by Crippen LogP contribution is -2.48. The number of piperazine rings is 1. The predicted molar refractivity (Wildman–Crippen MR) is 137 cm³/mol. The Kier molecular flexibility index (Phi) is 7.04. The van der Waals surface area contributed by atoms with Gasteiger partial charge in [-0.15, -0.1) is 0 Å². The first-order valence-corrected chi connectivity index (χ1v) is 12.1. The minimum Gasteiger partial charge on any atom is -0.459 e. The molecule has 3 heterocycles. The molecule has 2 aromatic carbocycles. The average molecular weight is 506 g/mol. The molecule has 1 N–H and O–H groups in total. The van der Waals surface area contributed by atoms with Gasteiger partial charge in [-0.2, -0.15) is 0 Å². The SMILES string of the molecule is O=C(Nc1ccc(N2CCN(C(=O)c3ccco3)CC2)cc1)c1cc([N+](=O)[O-])ccc1N1CCOCC1. The molecule has 3 aromatic rings. The molecule has 0 atom stereocenters. The fourth-order valence-electron chi connectivity index (χ4n) is 4.58. The van der Waals surface area contributed by atoms with Crippen molar-refractivity contribution in [1.29, 1.82) is 0 Å². The van der Waals surface area contributed by atoms with E-state index in [1.54, 1.807) is 35.2 Å². The van der Waals surface area contributed by atoms with Crippen LogP contribution in [0.3, 0.4) is 0 Å². The number of nitrogens with zero attached hydrogens (tertiary/aromatic N) is 4. The Morgan fingerprint density at radius 1 is 0.892 bits per heavy atom. The Morgan fingerprint density at radius 2 is 1.62 bits per heavy atom. The van der Waals surface area contributed by atoms with Gasteiger partial charge in [-0.1, -0.05) is 0 Å². The van der Waals surface area contributed by atoms with E-state index in [1.807, 2.05) is 17.0 Å². The highest BCUT2D eigenvalue weighted by Crippen LogP contribution is 2.28. The zero-order valence-electron chi connectivity index (χ0n) is 20.2. The molecule has 1 aromatic heterocycles. The van der Waals surface area contributed by atoms with Crippen molar-refractivity contribution in [2.75, 3.05) is 67.6 Å². The van der Waals surface area contributed by atoms with E-state index in [-0.39, 0.29) is 17.2 Å². The zero-order valence-corrected chi connectivity index (χ0v) is 20.2. The maximum absolute atomic E-state index is 13.2. The Hall–Kier alpha value is -4.38. The van der Waals surface area contributed by atoms with Crippen molar-refractivity contribution in [2.24, 2.45) is 0 Å². The van der Waals surface area contributed by atoms with E-state index in [9.17, 15) is 19.7 Å². The number of benzene rings is 2. The van der Waals surface area contributed by atoms with Gasteiger partial charge in [-0.05, 0) is 42.5 Å². The molecule has 0 spiro atoms. The van der Waals surface area contributed by atoms with Crippen molar-refractivity contribution in [1.82, 2.24) is 4.90 Å². The van der Waals surface area contributed by atoms with Crippen LogP contribution in [-0.4, -0.2) is 74.1 Å². The van der Waals surface area contributed by atoms with Crippen LogP contribution in [0.25, 0.3) is 0 Å². The number of morpholine rings is 1. The summed E-state index contributed by atoms with van der Waals surface area (Å²) >= 11 is 0. The van der Waals surface area contributed by atoms with Crippen LogP contribution < -0.4 is 15.1 Å². The number of anilines is 3. The van der Waals surface area contributed by atoms with Gasteiger partial charge in [0, 0.05) is 62.8 Å². The van der Waals surface area contributed by atoms with Crippen molar-refractivity contribution < 1.29 is 23.7 Å². The third-order valence-electron chi connectivity index (χ3n) is 6.58. The summed E-state index contributed by atoms with van der Waals surface area (Å²) in [6.45, 7) is 4.78. The zero-order chi connectivity index (χ0) is 25.8. The highest BCUT2D eigenvalue weighted by molar-refractivity contribution is 6.08. The molecular formula is C26H27N5O6. The molecule has 2 fully saturated rings. The minimum atomic E-state index is -0.503. The number of non-ortho nitro benzene ring substituents is 1. The highest BCUT2D eigenvalue weighted by Gasteiger charge is 2.25. The summed E-state index contributed by atoms with van der Waals surface area (Å²) in [6, 6.07) is 15.2. The first kappa shape index (κ1) is 24.3. The van der Waals surface area contributed by atoms with Crippen LogP contribution in [0.2, 0.25) is 0 Å². The largest absolute Gasteiger partial charge is 0.459 e. The molecule has 2 amide bonds. The van der Waals surface area contributed by atoms with Crippen LogP contribution >= 0.6 is 0 Å². The third-order valence-corrected chi connectivity index (χ3v) is 6.58. The van der Waals surface area contributed by atoms with E-state index < -0.39 is 10.8 Å². The summed E-state index contributed by atoms with van der Waals surface area (Å²) < 4.78 is 10.6. The number of nitro benzene ring substituents is 1. The molecule has 2 aliphatic heterocycles. The molecular weight excluding hydrogens is 478 g/mol. The fourth-order valence-corrected chi connectivity index (χ4v) is 4.58. The van der Waals surface area contributed by atoms with Crippen molar-refractivity contribution in [2.45, 2.75) is 0 Å². The van der Waals surface area contributed by atoms with Crippen molar-refractivity contribution >= 4 is 34.6 Å². The van der Waals surface area contributed by atoms with E-state index in [0.29, 0.717) is 69.6 Å². The molecule has 192 valence electrons. The van der Waals surface area contributed by atoms with Crippen LogP contribution in [0.15, 0.2) is 65.3 Å². The number of carbonyl (C=O) groups excluding carboxylic acids is 2. The second-order valence-electron chi connectivity index (χ2n) is 8.82. The van der Waals surface area contributed by atoms with Gasteiger partial charge in [-0.25, -0.2) is 0 Å². The monoisotopic (exact) mass is 505 g/mol. The van der Waals surface area contributed by atoms with Gasteiger partial charge in [0.2, 0.25) is 0 Å². The van der Waals surface area contributed by atoms with E-state index >= 15 is 0 Å². The topological polar surface area (TPSA) is 121 Å². The van der Waals surface area contributed by atoms with E-state index in [1.165, 1.54) is 18.4 Å². The lowest BCUT2D eigenvalue weighted by Gasteiger charge is -2.35. The van der Waals surface area contributed by atoms with E-state index in [4.69, 9.17) is 9.15 Å². The number of hydrogen-bond donors (Lipinski definition) is 1. The Morgan fingerprint density at radius 3 is 2.27 bits per heavy atom. The van der Waals surface area contributed by atoms with Crippen LogP contribution in [0.4, 0.5) is 22.7 Å². The first-order valence-electron chi connectivity index (χ1n) is 12.1. The predicted octanol–water partition coefficient (Wildman–Crippen LogP) is 3.24. The fraction of sp³-hybridized carbons (Fsp3) is 0.308. The Labute approximate surface area is 213 Å². The summed E-state index contributed by atoms with van der Waals surface area (Å²) in [5.41, 5.74) is 2.32. The average Bonchev–Trinajstić information content (AvgIpc) is 3.48. The smallest absolute Gasteiger partial charge is 0.289 e. The van der Waals surface area contributed by atoms with Gasteiger partial charge < -0.3 is 29.2 Å². The van der Waals surface area contributed by atoms with Crippen LogP contribution in [-0.2, 0) is 4.74 Å². The van der Waals surface area contributed by atoms with Crippen LogP contribution in [0, 0.1) is 10.1 Å². The van der Waals surface area contributed by atoms with Crippen LogP contribution in [0.1, 0.15) is 20.9 Å². The Balaban J connectivity index is 1.24. The minimum absolute atomic E-state index is 0.111. The molecule has 2 saturated heterocycles. The maximum atomic E-state index is 13.2. The molecule has 0 saturated carbocycles. The van der Waals surface area contributed by atoms with Crippen molar-refractivity contribution in [3.8, 4) is 0 Å². The third kappa shape index (κ3) is 5.41. The number of ether oxygens (including phenoxy) is 1. The van der Waals surface area contributed by atoms with E-state index in [0.717, 1.165) is 5.69 Å². The summed E-state index contributed by atoms with van der Waals surface area (Å²) in [6.07, 6.45) is 1.49. The van der Waals surface area contributed by atoms with Crippen molar-refractivity contribution in [3.63, 3.8) is 0 Å². The van der Waals surface area contributed by atoms with Gasteiger partial charge in [0.1, 0.15) is 0 Å². The summed E-state index contributed by atoms with van der Waals surface area (Å²) in [5, 5.41) is 14.2. The maximum Gasteiger partial charge on any atom is 0.289 e. The van der Waals surface area contributed by atoms with Crippen LogP contribution in [0.5, 0.6) is 0 Å². The Bertz CT molecular complexity index is 1260. The molecule has 0 bridgehead atoms. The normalized spacial score (nSPS) is 15.9. The lowest BCUT2D eigenvalue weighted by molar-refractivity contribution is -0.384. The molecule has 0 radical (unpaired) electrons. The lowest BCUT2D eigenvalue weighted by atomic mass is 10.1. The molecule has 11 heteroatoms. The quantitative estimate of drug-likeness (QED) is 0.400.